The summed E-state index contributed by atoms with van der Waals surface area (Å²) in [5, 5.41) is 3.01. The maximum absolute atomic E-state index is 12.6. The number of nitrogens with one attached hydrogen (secondary N) is 1. The number of hydrogen-bond acceptors (Lipinski definition) is 5. The van der Waals surface area contributed by atoms with E-state index in [9.17, 15) is 9.59 Å². The number of amides is 2. The average Bonchev–Trinajstić information content (AvgIpc) is 3.33. The number of ether oxygens (including phenoxy) is 1. The number of nitrogens with zero attached hydrogens (tertiary/aromatic N) is 2. The Labute approximate surface area is 157 Å². The minimum Gasteiger partial charge on any atom is -0.493 e. The monoisotopic (exact) mass is 369 g/mol. The molecule has 3 heterocycles. The van der Waals surface area contributed by atoms with Crippen molar-refractivity contribution in [3.05, 3.63) is 47.2 Å². The largest absolute Gasteiger partial charge is 0.493 e. The van der Waals surface area contributed by atoms with Crippen molar-refractivity contribution in [2.24, 2.45) is 5.92 Å². The van der Waals surface area contributed by atoms with Crippen LogP contribution in [0.3, 0.4) is 0 Å². The van der Waals surface area contributed by atoms with Crippen LogP contribution < -0.4 is 10.1 Å². The molecule has 27 heavy (non-hydrogen) atoms. The lowest BCUT2D eigenvalue weighted by atomic mass is 9.97. The number of piperidine rings is 1. The smallest absolute Gasteiger partial charge is 0.276 e. The van der Waals surface area contributed by atoms with Gasteiger partial charge in [-0.05, 0) is 49.4 Å². The number of rotatable bonds is 4. The zero-order chi connectivity index (χ0) is 18.8. The van der Waals surface area contributed by atoms with Gasteiger partial charge in [0.15, 0.2) is 12.1 Å². The molecule has 1 aromatic heterocycles. The predicted molar refractivity (Wildman–Crippen MR) is 97.8 cm³/mol. The molecule has 0 bridgehead atoms. The van der Waals surface area contributed by atoms with Gasteiger partial charge >= 0.3 is 0 Å². The van der Waals surface area contributed by atoms with E-state index in [1.54, 1.807) is 17.9 Å². The molecule has 1 unspecified atom stereocenters. The summed E-state index contributed by atoms with van der Waals surface area (Å²) in [7, 11) is 0. The van der Waals surface area contributed by atoms with Gasteiger partial charge in [0, 0.05) is 31.6 Å². The molecule has 4 rings (SSSR count). The van der Waals surface area contributed by atoms with Crippen molar-refractivity contribution < 1.29 is 18.7 Å². The Morgan fingerprint density at radius 3 is 3.07 bits per heavy atom. The molecule has 0 aliphatic carbocycles. The van der Waals surface area contributed by atoms with E-state index in [2.05, 4.69) is 10.3 Å². The first-order valence-corrected chi connectivity index (χ1v) is 9.35. The lowest BCUT2D eigenvalue weighted by Gasteiger charge is -2.32. The summed E-state index contributed by atoms with van der Waals surface area (Å²) in [6.07, 6.45) is 4.04. The van der Waals surface area contributed by atoms with Crippen LogP contribution in [0, 0.1) is 12.8 Å². The summed E-state index contributed by atoms with van der Waals surface area (Å²) < 4.78 is 10.6. The molecule has 1 atom stereocenters. The van der Waals surface area contributed by atoms with E-state index in [4.69, 9.17) is 9.15 Å². The zero-order valence-electron chi connectivity index (χ0n) is 15.4. The molecule has 2 aliphatic heterocycles. The number of carbonyl (C=O) groups is 2. The van der Waals surface area contributed by atoms with Gasteiger partial charge in [-0.3, -0.25) is 9.59 Å². The Balaban J connectivity index is 1.33. The second kappa shape index (κ2) is 7.42. The molecule has 7 heteroatoms. The van der Waals surface area contributed by atoms with E-state index in [0.29, 0.717) is 43.3 Å². The average molecular weight is 369 g/mol. The van der Waals surface area contributed by atoms with E-state index >= 15 is 0 Å². The van der Waals surface area contributed by atoms with E-state index in [1.807, 2.05) is 12.1 Å². The molecule has 2 aliphatic rings. The summed E-state index contributed by atoms with van der Waals surface area (Å²) in [4.78, 5) is 30.9. The number of hydrogen-bond donors (Lipinski definition) is 1. The Kier molecular flexibility index (Phi) is 4.83. The predicted octanol–water partition coefficient (Wildman–Crippen LogP) is 2.20. The summed E-state index contributed by atoms with van der Waals surface area (Å²) in [6, 6.07) is 5.56. The highest BCUT2D eigenvalue weighted by atomic mass is 16.5. The first-order valence-electron chi connectivity index (χ1n) is 9.35. The van der Waals surface area contributed by atoms with Crippen LogP contribution in [-0.4, -0.2) is 47.9 Å². The maximum atomic E-state index is 12.6. The van der Waals surface area contributed by atoms with Crippen LogP contribution in [0.2, 0.25) is 0 Å². The highest BCUT2D eigenvalue weighted by molar-refractivity contribution is 5.95. The van der Waals surface area contributed by atoms with E-state index in [0.717, 1.165) is 30.6 Å². The van der Waals surface area contributed by atoms with E-state index in [-0.39, 0.29) is 17.7 Å². The molecule has 0 radical (unpaired) electrons. The van der Waals surface area contributed by atoms with Crippen LogP contribution in [-0.2, 0) is 6.42 Å². The molecular formula is C20H23N3O4. The van der Waals surface area contributed by atoms with Gasteiger partial charge in [-0.25, -0.2) is 4.98 Å². The Morgan fingerprint density at radius 2 is 2.26 bits per heavy atom. The summed E-state index contributed by atoms with van der Waals surface area (Å²) in [5.41, 5.74) is 2.11. The van der Waals surface area contributed by atoms with E-state index in [1.165, 1.54) is 6.39 Å². The lowest BCUT2D eigenvalue weighted by molar-refractivity contribution is 0.0664. The summed E-state index contributed by atoms with van der Waals surface area (Å²) in [6.45, 7) is 4.29. The third kappa shape index (κ3) is 3.67. The van der Waals surface area contributed by atoms with Gasteiger partial charge in [-0.15, -0.1) is 0 Å². The first kappa shape index (κ1) is 17.6. The van der Waals surface area contributed by atoms with Crippen molar-refractivity contribution in [2.75, 3.05) is 26.2 Å². The molecule has 0 saturated carbocycles. The molecule has 7 nitrogen and oxygen atoms in total. The maximum Gasteiger partial charge on any atom is 0.276 e. The van der Waals surface area contributed by atoms with Gasteiger partial charge in [-0.2, -0.15) is 0 Å². The summed E-state index contributed by atoms with van der Waals surface area (Å²) in [5.74, 6) is 1.46. The standard InChI is InChI=1S/C20H23N3O4/c1-13-18(22-12-27-13)20(25)23-7-2-3-14(11-23)10-21-19(24)16-4-5-17-15(9-16)6-8-26-17/h4-5,9,12,14H,2-3,6-8,10-11H2,1H3,(H,21,24). The zero-order valence-corrected chi connectivity index (χ0v) is 15.4. The fraction of sp³-hybridized carbons (Fsp3) is 0.450. The molecule has 1 fully saturated rings. The number of aromatic nitrogens is 1. The molecule has 0 spiro atoms. The SMILES string of the molecule is Cc1ocnc1C(=O)N1CCCC(CNC(=O)c2ccc3c(c2)CCO3)C1. The Bertz CT molecular complexity index is 861. The fourth-order valence-corrected chi connectivity index (χ4v) is 3.74. The second-order valence-corrected chi connectivity index (χ2v) is 7.15. The van der Waals surface area contributed by atoms with Crippen LogP contribution in [0.1, 0.15) is 45.0 Å². The molecule has 1 saturated heterocycles. The number of oxazole rings is 1. The van der Waals surface area contributed by atoms with Gasteiger partial charge < -0.3 is 19.4 Å². The minimum absolute atomic E-state index is 0.0829. The highest BCUT2D eigenvalue weighted by Crippen LogP contribution is 2.26. The topological polar surface area (TPSA) is 84.7 Å². The molecule has 142 valence electrons. The number of carbonyl (C=O) groups excluding carboxylic acids is 2. The van der Waals surface area contributed by atoms with Gasteiger partial charge in [0.2, 0.25) is 0 Å². The molecule has 1 N–H and O–H groups in total. The fourth-order valence-electron chi connectivity index (χ4n) is 3.74. The van der Waals surface area contributed by atoms with Crippen molar-refractivity contribution in [1.82, 2.24) is 15.2 Å². The van der Waals surface area contributed by atoms with Crippen molar-refractivity contribution in [2.45, 2.75) is 26.2 Å². The van der Waals surface area contributed by atoms with Crippen molar-refractivity contribution >= 4 is 11.8 Å². The second-order valence-electron chi connectivity index (χ2n) is 7.15. The first-order chi connectivity index (χ1) is 13.1. The molecule has 2 amide bonds. The third-order valence-corrected chi connectivity index (χ3v) is 5.26. The van der Waals surface area contributed by atoms with E-state index < -0.39 is 0 Å². The molecular weight excluding hydrogens is 346 g/mol. The third-order valence-electron chi connectivity index (χ3n) is 5.26. The van der Waals surface area contributed by atoms with Crippen molar-refractivity contribution in [3.8, 4) is 5.75 Å². The lowest BCUT2D eigenvalue weighted by Crippen LogP contribution is -2.44. The van der Waals surface area contributed by atoms with Gasteiger partial charge in [0.1, 0.15) is 11.5 Å². The Morgan fingerprint density at radius 1 is 1.37 bits per heavy atom. The number of benzene rings is 1. The van der Waals surface area contributed by atoms with Crippen LogP contribution in [0.25, 0.3) is 0 Å². The van der Waals surface area contributed by atoms with Crippen molar-refractivity contribution in [3.63, 3.8) is 0 Å². The molecule has 1 aromatic carbocycles. The summed E-state index contributed by atoms with van der Waals surface area (Å²) >= 11 is 0. The highest BCUT2D eigenvalue weighted by Gasteiger charge is 2.27. The minimum atomic E-state index is -0.101. The number of likely N-dealkylation sites (tertiary alicyclic amines) is 1. The van der Waals surface area contributed by atoms with Crippen LogP contribution in [0.15, 0.2) is 29.0 Å². The Hall–Kier alpha value is -2.83. The molecule has 2 aromatic rings. The van der Waals surface area contributed by atoms with Crippen molar-refractivity contribution in [1.29, 1.82) is 0 Å². The number of aryl methyl sites for hydroxylation is 1. The normalized spacial score (nSPS) is 18.7. The van der Waals surface area contributed by atoms with Crippen LogP contribution in [0.5, 0.6) is 5.75 Å². The van der Waals surface area contributed by atoms with Gasteiger partial charge in [-0.1, -0.05) is 0 Å². The number of fused-ring (bicyclic) bond motifs is 1. The quantitative estimate of drug-likeness (QED) is 0.893. The van der Waals surface area contributed by atoms with Crippen LogP contribution in [0.4, 0.5) is 0 Å². The van der Waals surface area contributed by atoms with Gasteiger partial charge in [0.05, 0.1) is 6.61 Å². The van der Waals surface area contributed by atoms with Crippen LogP contribution >= 0.6 is 0 Å². The van der Waals surface area contributed by atoms with Gasteiger partial charge in [0.25, 0.3) is 11.8 Å².